The van der Waals surface area contributed by atoms with Gasteiger partial charge in [-0.2, -0.15) is 0 Å². The number of phenols is 1. The van der Waals surface area contributed by atoms with Crippen molar-refractivity contribution >= 4 is 0 Å². The third kappa shape index (κ3) is 4.80. The summed E-state index contributed by atoms with van der Waals surface area (Å²) in [5.41, 5.74) is 2.30. The number of aliphatic hydroxyl groups is 1. The molecule has 5 nitrogen and oxygen atoms in total. The fourth-order valence-corrected chi connectivity index (χ4v) is 4.86. The number of benzene rings is 2. The van der Waals surface area contributed by atoms with Crippen LogP contribution in [0.5, 0.6) is 11.5 Å². The van der Waals surface area contributed by atoms with E-state index in [2.05, 4.69) is 15.9 Å². The van der Waals surface area contributed by atoms with Gasteiger partial charge in [0.15, 0.2) is 0 Å². The summed E-state index contributed by atoms with van der Waals surface area (Å²) in [5, 5.41) is 21.6. The second kappa shape index (κ2) is 9.38. The van der Waals surface area contributed by atoms with Crippen LogP contribution >= 0.6 is 0 Å². The summed E-state index contributed by atoms with van der Waals surface area (Å²) >= 11 is 0. The summed E-state index contributed by atoms with van der Waals surface area (Å²) in [6.07, 6.45) is 5.20. The van der Waals surface area contributed by atoms with Crippen molar-refractivity contribution in [3.05, 3.63) is 59.2 Å². The van der Waals surface area contributed by atoms with Gasteiger partial charge in [-0.15, -0.1) is 0 Å². The quantitative estimate of drug-likeness (QED) is 0.757. The topological polar surface area (TPSA) is 56.2 Å². The number of phenolic OH excluding ortho intramolecular Hbond substituents is 1. The number of rotatable bonds is 6. The average molecular weight is 411 g/mol. The van der Waals surface area contributed by atoms with Crippen LogP contribution in [0.1, 0.15) is 48.8 Å². The minimum absolute atomic E-state index is 0.397. The van der Waals surface area contributed by atoms with Crippen LogP contribution in [0, 0.1) is 0 Å². The van der Waals surface area contributed by atoms with Gasteiger partial charge in [-0.3, -0.25) is 9.80 Å². The maximum Gasteiger partial charge on any atom is 0.124 e. The monoisotopic (exact) mass is 410 g/mol. The molecule has 2 aliphatic heterocycles. The van der Waals surface area contributed by atoms with Crippen molar-refractivity contribution in [2.45, 2.75) is 50.8 Å². The van der Waals surface area contributed by atoms with E-state index in [0.29, 0.717) is 18.6 Å². The number of hydrogen-bond acceptors (Lipinski definition) is 5. The standard InChI is InChI=1S/C25H34N2O3/c1-30-24-8-4-3-7-22(24)25(29)11-15-27(16-12-25)18-20-9-10-23(28)21(17-20)19-26-13-5-2-6-14-26/h3-4,7-10,17,28-29H,2,5-6,11-16,18-19H2,1H3. The zero-order valence-electron chi connectivity index (χ0n) is 18.0. The van der Waals surface area contributed by atoms with Crippen LogP contribution in [0.2, 0.25) is 0 Å². The lowest BCUT2D eigenvalue weighted by molar-refractivity contribution is -0.0292. The van der Waals surface area contributed by atoms with Crippen LogP contribution in [-0.4, -0.2) is 53.3 Å². The predicted octanol–water partition coefficient (Wildman–Crippen LogP) is 3.87. The van der Waals surface area contributed by atoms with E-state index in [1.807, 2.05) is 36.4 Å². The second-order valence-electron chi connectivity index (χ2n) is 8.81. The molecule has 2 saturated heterocycles. The van der Waals surface area contributed by atoms with E-state index >= 15 is 0 Å². The van der Waals surface area contributed by atoms with Gasteiger partial charge < -0.3 is 14.9 Å². The maximum absolute atomic E-state index is 11.3. The number of aromatic hydroxyl groups is 1. The molecule has 0 atom stereocenters. The normalized spacial score (nSPS) is 20.2. The summed E-state index contributed by atoms with van der Waals surface area (Å²) < 4.78 is 5.47. The van der Waals surface area contributed by atoms with Gasteiger partial charge in [0.2, 0.25) is 0 Å². The highest BCUT2D eigenvalue weighted by atomic mass is 16.5. The first-order valence-corrected chi connectivity index (χ1v) is 11.2. The number of piperidine rings is 2. The Balaban J connectivity index is 1.38. The molecule has 0 radical (unpaired) electrons. The maximum atomic E-state index is 11.3. The molecule has 2 aliphatic rings. The molecule has 2 aromatic carbocycles. The Morgan fingerprint density at radius 1 is 0.900 bits per heavy atom. The van der Waals surface area contributed by atoms with E-state index in [4.69, 9.17) is 4.74 Å². The molecular formula is C25H34N2O3. The number of ether oxygens (including phenoxy) is 1. The average Bonchev–Trinajstić information content (AvgIpc) is 2.78. The summed E-state index contributed by atoms with van der Waals surface area (Å²) in [7, 11) is 1.66. The van der Waals surface area contributed by atoms with Gasteiger partial charge in [0, 0.05) is 37.3 Å². The summed E-state index contributed by atoms with van der Waals surface area (Å²) in [6, 6.07) is 13.8. The Hall–Kier alpha value is -2.08. The molecule has 0 spiro atoms. The molecule has 0 saturated carbocycles. The first kappa shape index (κ1) is 21.2. The first-order chi connectivity index (χ1) is 14.6. The van der Waals surface area contributed by atoms with E-state index in [9.17, 15) is 10.2 Å². The molecule has 0 bridgehead atoms. The van der Waals surface area contributed by atoms with Gasteiger partial charge in [0.05, 0.1) is 12.7 Å². The third-order valence-electron chi connectivity index (χ3n) is 6.68. The third-order valence-corrected chi connectivity index (χ3v) is 6.68. The molecule has 4 rings (SSSR count). The smallest absolute Gasteiger partial charge is 0.124 e. The van der Waals surface area contributed by atoms with Gasteiger partial charge in [-0.05, 0) is 62.5 Å². The zero-order chi connectivity index (χ0) is 21.0. The van der Waals surface area contributed by atoms with E-state index in [1.165, 1.54) is 24.8 Å². The first-order valence-electron chi connectivity index (χ1n) is 11.2. The molecular weight excluding hydrogens is 376 g/mol. The van der Waals surface area contributed by atoms with Crippen molar-refractivity contribution < 1.29 is 14.9 Å². The van der Waals surface area contributed by atoms with E-state index in [1.54, 1.807) is 7.11 Å². The highest BCUT2D eigenvalue weighted by Crippen LogP contribution is 2.38. The van der Waals surface area contributed by atoms with Crippen molar-refractivity contribution in [2.24, 2.45) is 0 Å². The summed E-state index contributed by atoms with van der Waals surface area (Å²) in [6.45, 7) is 5.57. The SMILES string of the molecule is COc1ccccc1C1(O)CCN(Cc2ccc(O)c(CN3CCCCC3)c2)CC1. The number of para-hydroxylation sites is 1. The number of nitrogens with zero attached hydrogens (tertiary/aromatic N) is 2. The lowest BCUT2D eigenvalue weighted by atomic mass is 9.83. The van der Waals surface area contributed by atoms with Crippen molar-refractivity contribution in [3.8, 4) is 11.5 Å². The van der Waals surface area contributed by atoms with Crippen molar-refractivity contribution in [1.29, 1.82) is 0 Å². The van der Waals surface area contributed by atoms with Gasteiger partial charge in [0.25, 0.3) is 0 Å². The molecule has 30 heavy (non-hydrogen) atoms. The van der Waals surface area contributed by atoms with Gasteiger partial charge in [0.1, 0.15) is 11.5 Å². The summed E-state index contributed by atoms with van der Waals surface area (Å²) in [4.78, 5) is 4.83. The fraction of sp³-hybridized carbons (Fsp3) is 0.520. The lowest BCUT2D eigenvalue weighted by Gasteiger charge is -2.39. The van der Waals surface area contributed by atoms with Gasteiger partial charge in [-0.25, -0.2) is 0 Å². The minimum Gasteiger partial charge on any atom is -0.508 e. The Kier molecular flexibility index (Phi) is 6.61. The van der Waals surface area contributed by atoms with Crippen LogP contribution < -0.4 is 4.74 Å². The van der Waals surface area contributed by atoms with Crippen molar-refractivity contribution in [1.82, 2.24) is 9.80 Å². The number of likely N-dealkylation sites (tertiary alicyclic amines) is 2. The molecule has 0 unspecified atom stereocenters. The molecule has 2 heterocycles. The van der Waals surface area contributed by atoms with E-state index in [0.717, 1.165) is 56.1 Å². The highest BCUT2D eigenvalue weighted by Gasteiger charge is 2.36. The van der Waals surface area contributed by atoms with Crippen LogP contribution in [0.15, 0.2) is 42.5 Å². The Bertz CT molecular complexity index is 840. The Morgan fingerprint density at radius 2 is 1.60 bits per heavy atom. The minimum atomic E-state index is -0.836. The van der Waals surface area contributed by atoms with Crippen molar-refractivity contribution in [3.63, 3.8) is 0 Å². The molecule has 0 aliphatic carbocycles. The van der Waals surface area contributed by atoms with Gasteiger partial charge >= 0.3 is 0 Å². The lowest BCUT2D eigenvalue weighted by Crippen LogP contribution is -2.42. The molecule has 2 fully saturated rings. The predicted molar refractivity (Wildman–Crippen MR) is 119 cm³/mol. The second-order valence-corrected chi connectivity index (χ2v) is 8.81. The zero-order valence-corrected chi connectivity index (χ0v) is 18.0. The van der Waals surface area contributed by atoms with Crippen LogP contribution in [-0.2, 0) is 18.7 Å². The number of methoxy groups -OCH3 is 1. The van der Waals surface area contributed by atoms with Crippen LogP contribution in [0.4, 0.5) is 0 Å². The molecule has 2 N–H and O–H groups in total. The molecule has 162 valence electrons. The molecule has 0 aromatic heterocycles. The van der Waals surface area contributed by atoms with E-state index < -0.39 is 5.60 Å². The van der Waals surface area contributed by atoms with Crippen LogP contribution in [0.25, 0.3) is 0 Å². The molecule has 2 aromatic rings. The number of hydrogen-bond donors (Lipinski definition) is 2. The fourth-order valence-electron chi connectivity index (χ4n) is 4.86. The van der Waals surface area contributed by atoms with Crippen molar-refractivity contribution in [2.75, 3.05) is 33.3 Å². The highest BCUT2D eigenvalue weighted by molar-refractivity contribution is 5.39. The Labute approximate surface area is 179 Å². The van der Waals surface area contributed by atoms with E-state index in [-0.39, 0.29) is 0 Å². The van der Waals surface area contributed by atoms with Gasteiger partial charge in [-0.1, -0.05) is 30.7 Å². The van der Waals surface area contributed by atoms with Crippen LogP contribution in [0.3, 0.4) is 0 Å². The Morgan fingerprint density at radius 3 is 2.33 bits per heavy atom. The largest absolute Gasteiger partial charge is 0.508 e. The molecule has 0 amide bonds. The molecule has 5 heteroatoms. The summed E-state index contributed by atoms with van der Waals surface area (Å²) in [5.74, 6) is 1.16.